The number of rotatable bonds is 4. The summed E-state index contributed by atoms with van der Waals surface area (Å²) in [5, 5.41) is 2.26. The topological polar surface area (TPSA) is 58.6 Å². The molecule has 0 aromatic heterocycles. The summed E-state index contributed by atoms with van der Waals surface area (Å²) in [5.74, 6) is 0.260. The monoisotopic (exact) mass is 312 g/mol. The zero-order valence-electron chi connectivity index (χ0n) is 9.69. The molecule has 18 heavy (non-hydrogen) atoms. The van der Waals surface area contributed by atoms with Gasteiger partial charge in [0.05, 0.1) is 13.1 Å². The second-order valence-corrected chi connectivity index (χ2v) is 4.90. The smallest absolute Gasteiger partial charge is 0.240 e. The highest BCUT2D eigenvalue weighted by atomic mass is 79.9. The minimum Gasteiger partial charge on any atom is -0.492 e. The zero-order valence-corrected chi connectivity index (χ0v) is 11.3. The Morgan fingerprint density at radius 2 is 1.78 bits per heavy atom. The van der Waals surface area contributed by atoms with Crippen molar-refractivity contribution < 1.29 is 14.3 Å². The molecule has 1 heterocycles. The summed E-state index contributed by atoms with van der Waals surface area (Å²) in [5.41, 5.74) is 0. The van der Waals surface area contributed by atoms with E-state index >= 15 is 0 Å². The van der Waals surface area contributed by atoms with Crippen molar-refractivity contribution in [1.29, 1.82) is 0 Å². The maximum Gasteiger partial charge on any atom is 0.240 e. The summed E-state index contributed by atoms with van der Waals surface area (Å²) in [4.78, 5) is 24.0. The van der Waals surface area contributed by atoms with Crippen molar-refractivity contribution in [1.82, 2.24) is 10.2 Å². The van der Waals surface area contributed by atoms with Crippen LogP contribution in [0.15, 0.2) is 28.7 Å². The Kier molecular flexibility index (Phi) is 4.33. The molecule has 1 N–H and O–H groups in total. The van der Waals surface area contributed by atoms with E-state index in [0.29, 0.717) is 13.2 Å². The van der Waals surface area contributed by atoms with Crippen molar-refractivity contribution in [3.05, 3.63) is 28.7 Å². The average molecular weight is 313 g/mol. The Bertz CT molecular complexity index is 431. The van der Waals surface area contributed by atoms with Gasteiger partial charge in [0, 0.05) is 11.0 Å². The number of piperazine rings is 1. The number of halogens is 1. The minimum absolute atomic E-state index is 0.245. The molecule has 96 valence electrons. The second-order valence-electron chi connectivity index (χ2n) is 3.98. The van der Waals surface area contributed by atoms with E-state index in [2.05, 4.69) is 21.2 Å². The number of benzene rings is 1. The molecule has 0 spiro atoms. The van der Waals surface area contributed by atoms with E-state index in [1.54, 1.807) is 4.90 Å². The second kappa shape index (κ2) is 5.97. The lowest BCUT2D eigenvalue weighted by Gasteiger charge is -2.24. The number of nitrogens with zero attached hydrogens (tertiary/aromatic N) is 1. The molecule has 0 atom stereocenters. The molecule has 1 fully saturated rings. The predicted octanol–water partition coefficient (Wildman–Crippen LogP) is 0.786. The van der Waals surface area contributed by atoms with Crippen molar-refractivity contribution in [2.24, 2.45) is 0 Å². The van der Waals surface area contributed by atoms with E-state index in [0.717, 1.165) is 10.2 Å². The molecule has 5 nitrogen and oxygen atoms in total. The molecule has 1 saturated heterocycles. The van der Waals surface area contributed by atoms with Gasteiger partial charge in [0.1, 0.15) is 12.4 Å². The van der Waals surface area contributed by atoms with Gasteiger partial charge in [0.15, 0.2) is 0 Å². The molecule has 1 aromatic carbocycles. The van der Waals surface area contributed by atoms with Crippen LogP contribution in [0.1, 0.15) is 0 Å². The number of nitrogens with one attached hydrogen (secondary N) is 1. The van der Waals surface area contributed by atoms with Gasteiger partial charge in [0.25, 0.3) is 0 Å². The van der Waals surface area contributed by atoms with Gasteiger partial charge in [-0.05, 0) is 24.3 Å². The van der Waals surface area contributed by atoms with E-state index in [-0.39, 0.29) is 24.9 Å². The first-order valence-electron chi connectivity index (χ1n) is 5.57. The lowest BCUT2D eigenvalue weighted by Crippen LogP contribution is -2.52. The van der Waals surface area contributed by atoms with Gasteiger partial charge in [-0.25, -0.2) is 0 Å². The number of imide groups is 1. The zero-order chi connectivity index (χ0) is 13.0. The molecular weight excluding hydrogens is 300 g/mol. The van der Waals surface area contributed by atoms with Crippen molar-refractivity contribution in [3.8, 4) is 5.75 Å². The molecule has 0 saturated carbocycles. The lowest BCUT2D eigenvalue weighted by molar-refractivity contribution is -0.136. The third-order valence-electron chi connectivity index (χ3n) is 2.50. The number of carbonyl (C=O) groups is 2. The first-order chi connectivity index (χ1) is 8.63. The van der Waals surface area contributed by atoms with Crippen LogP contribution in [0.4, 0.5) is 0 Å². The fourth-order valence-corrected chi connectivity index (χ4v) is 1.94. The van der Waals surface area contributed by atoms with Crippen LogP contribution in [0.2, 0.25) is 0 Å². The molecule has 2 rings (SSSR count). The number of carbonyl (C=O) groups excluding carboxylic acids is 2. The molecule has 1 aliphatic rings. The fraction of sp³-hybridized carbons (Fsp3) is 0.333. The first-order valence-corrected chi connectivity index (χ1v) is 6.36. The van der Waals surface area contributed by atoms with Gasteiger partial charge >= 0.3 is 0 Å². The Hall–Kier alpha value is -1.40. The van der Waals surface area contributed by atoms with Gasteiger partial charge < -0.3 is 4.74 Å². The van der Waals surface area contributed by atoms with Crippen LogP contribution in [0.3, 0.4) is 0 Å². The van der Waals surface area contributed by atoms with E-state index in [4.69, 9.17) is 4.74 Å². The van der Waals surface area contributed by atoms with Crippen molar-refractivity contribution in [2.75, 3.05) is 26.2 Å². The third-order valence-corrected chi connectivity index (χ3v) is 3.03. The van der Waals surface area contributed by atoms with Gasteiger partial charge in [-0.15, -0.1) is 0 Å². The molecule has 2 amide bonds. The Labute approximate surface area is 113 Å². The SMILES string of the molecule is O=C1CN(CCOc2ccc(Br)cc2)CC(=O)N1. The van der Waals surface area contributed by atoms with Gasteiger partial charge in [0.2, 0.25) is 11.8 Å². The average Bonchev–Trinajstić information content (AvgIpc) is 2.30. The maximum atomic E-state index is 11.1. The Morgan fingerprint density at radius 3 is 2.39 bits per heavy atom. The van der Waals surface area contributed by atoms with Gasteiger partial charge in [-0.3, -0.25) is 19.8 Å². The molecule has 1 aliphatic heterocycles. The van der Waals surface area contributed by atoms with Crippen LogP contribution in [0.25, 0.3) is 0 Å². The van der Waals surface area contributed by atoms with Crippen molar-refractivity contribution in [2.45, 2.75) is 0 Å². The molecule has 0 aliphatic carbocycles. The summed E-state index contributed by atoms with van der Waals surface area (Å²) in [6.45, 7) is 1.49. The Morgan fingerprint density at radius 1 is 1.17 bits per heavy atom. The maximum absolute atomic E-state index is 11.1. The number of hydrogen-bond donors (Lipinski definition) is 1. The van der Waals surface area contributed by atoms with Crippen LogP contribution in [-0.2, 0) is 9.59 Å². The highest BCUT2D eigenvalue weighted by Crippen LogP contribution is 2.15. The van der Waals surface area contributed by atoms with E-state index in [1.807, 2.05) is 24.3 Å². The first kappa shape index (κ1) is 13.0. The quantitative estimate of drug-likeness (QED) is 0.835. The van der Waals surface area contributed by atoms with Gasteiger partial charge in [-0.2, -0.15) is 0 Å². The largest absolute Gasteiger partial charge is 0.492 e. The molecule has 1 aromatic rings. The Balaban J connectivity index is 1.76. The van der Waals surface area contributed by atoms with Crippen molar-refractivity contribution in [3.63, 3.8) is 0 Å². The number of hydrogen-bond acceptors (Lipinski definition) is 4. The van der Waals surface area contributed by atoms with E-state index in [1.165, 1.54) is 0 Å². The standard InChI is InChI=1S/C12H13BrN2O3/c13-9-1-3-10(4-2-9)18-6-5-15-7-11(16)14-12(17)8-15/h1-4H,5-8H2,(H,14,16,17). The van der Waals surface area contributed by atoms with Crippen LogP contribution in [-0.4, -0.2) is 43.0 Å². The van der Waals surface area contributed by atoms with Crippen LogP contribution >= 0.6 is 15.9 Å². The summed E-state index contributed by atoms with van der Waals surface area (Å²) in [7, 11) is 0. The molecular formula is C12H13BrN2O3. The highest BCUT2D eigenvalue weighted by molar-refractivity contribution is 9.10. The third kappa shape index (κ3) is 3.82. The highest BCUT2D eigenvalue weighted by Gasteiger charge is 2.21. The molecule has 0 bridgehead atoms. The number of amides is 2. The van der Waals surface area contributed by atoms with Gasteiger partial charge in [-0.1, -0.05) is 15.9 Å². The van der Waals surface area contributed by atoms with Crippen LogP contribution < -0.4 is 10.1 Å². The molecule has 0 radical (unpaired) electrons. The lowest BCUT2D eigenvalue weighted by atomic mass is 10.3. The minimum atomic E-state index is -0.255. The predicted molar refractivity (Wildman–Crippen MR) is 69.2 cm³/mol. The summed E-state index contributed by atoms with van der Waals surface area (Å²) in [6, 6.07) is 7.51. The summed E-state index contributed by atoms with van der Waals surface area (Å²) >= 11 is 3.34. The fourth-order valence-electron chi connectivity index (χ4n) is 1.68. The molecule has 6 heteroatoms. The molecule has 0 unspecified atom stereocenters. The van der Waals surface area contributed by atoms with E-state index < -0.39 is 0 Å². The normalized spacial score (nSPS) is 16.5. The van der Waals surface area contributed by atoms with Crippen LogP contribution in [0.5, 0.6) is 5.75 Å². The van der Waals surface area contributed by atoms with Crippen LogP contribution in [0, 0.1) is 0 Å². The number of ether oxygens (including phenoxy) is 1. The summed E-state index contributed by atoms with van der Waals surface area (Å²) < 4.78 is 6.52. The summed E-state index contributed by atoms with van der Waals surface area (Å²) in [6.07, 6.45) is 0. The van der Waals surface area contributed by atoms with Crippen molar-refractivity contribution >= 4 is 27.7 Å². The van der Waals surface area contributed by atoms with E-state index in [9.17, 15) is 9.59 Å².